The average Bonchev–Trinajstić information content (AvgIpc) is 3.34. The van der Waals surface area contributed by atoms with Gasteiger partial charge in [-0.3, -0.25) is 9.52 Å². The Morgan fingerprint density at radius 2 is 1.72 bits per heavy atom. The number of amides is 1. The number of nitrogens with zero attached hydrogens (tertiary/aromatic N) is 3. The van der Waals surface area contributed by atoms with Gasteiger partial charge >= 0.3 is 0 Å². The molecule has 10 heteroatoms. The summed E-state index contributed by atoms with van der Waals surface area (Å²) in [6, 6.07) is 15.9. The van der Waals surface area contributed by atoms with Crippen LogP contribution in [0.1, 0.15) is 15.9 Å². The number of benzene rings is 2. The van der Waals surface area contributed by atoms with E-state index in [9.17, 15) is 17.6 Å². The number of halogens is 1. The monoisotopic (exact) mass is 451 g/mol. The summed E-state index contributed by atoms with van der Waals surface area (Å²) in [5.74, 6) is -0.229. The third-order valence-corrected chi connectivity index (χ3v) is 5.95. The Bertz CT molecular complexity index is 1320. The van der Waals surface area contributed by atoms with Crippen molar-refractivity contribution in [1.29, 1.82) is 0 Å². The van der Waals surface area contributed by atoms with E-state index >= 15 is 0 Å². The maximum atomic E-state index is 13.0. The molecule has 0 saturated carbocycles. The molecule has 4 rings (SSSR count). The molecule has 0 aliphatic carbocycles. The quantitative estimate of drug-likeness (QED) is 0.449. The number of hydrogen-bond acceptors (Lipinski definition) is 5. The molecular weight excluding hydrogens is 433 g/mol. The van der Waals surface area contributed by atoms with E-state index in [1.54, 1.807) is 35.4 Å². The standard InChI is InChI=1S/C22H18FN5O3S/c23-18-6-8-19(9-7-18)27-32(30,31)20-10-4-16(5-11-20)22(29)25-15-17-3-1-12-24-21(17)28-14-2-13-26-28/h1-14,27H,15H2,(H,25,29). The number of nitrogens with one attached hydrogen (secondary N) is 2. The fraction of sp³-hybridized carbons (Fsp3) is 0.0455. The first kappa shape index (κ1) is 21.2. The fourth-order valence-electron chi connectivity index (χ4n) is 2.96. The summed E-state index contributed by atoms with van der Waals surface area (Å²) >= 11 is 0. The Balaban J connectivity index is 1.43. The fourth-order valence-corrected chi connectivity index (χ4v) is 4.02. The number of carbonyl (C=O) groups is 1. The Hall–Kier alpha value is -4.05. The van der Waals surface area contributed by atoms with E-state index in [1.165, 1.54) is 36.4 Å². The largest absolute Gasteiger partial charge is 0.348 e. The lowest BCUT2D eigenvalue weighted by Crippen LogP contribution is -2.24. The van der Waals surface area contributed by atoms with Gasteiger partial charge in [0.15, 0.2) is 5.82 Å². The Labute approximate surface area is 183 Å². The van der Waals surface area contributed by atoms with Gasteiger partial charge in [0.1, 0.15) is 5.82 Å². The van der Waals surface area contributed by atoms with E-state index in [4.69, 9.17) is 0 Å². The van der Waals surface area contributed by atoms with Crippen molar-refractivity contribution in [3.63, 3.8) is 0 Å². The van der Waals surface area contributed by atoms with Gasteiger partial charge in [-0.2, -0.15) is 5.10 Å². The summed E-state index contributed by atoms with van der Waals surface area (Å²) in [6.45, 7) is 0.216. The zero-order chi connectivity index (χ0) is 22.6. The summed E-state index contributed by atoms with van der Waals surface area (Å²) in [5.41, 5.74) is 1.31. The third-order valence-electron chi connectivity index (χ3n) is 4.55. The number of pyridine rings is 1. The van der Waals surface area contributed by atoms with Crippen molar-refractivity contribution in [1.82, 2.24) is 20.1 Å². The van der Waals surface area contributed by atoms with Crippen molar-refractivity contribution in [2.45, 2.75) is 11.4 Å². The Morgan fingerprint density at radius 3 is 2.41 bits per heavy atom. The van der Waals surface area contributed by atoms with Crippen LogP contribution in [0.3, 0.4) is 0 Å². The van der Waals surface area contributed by atoms with Crippen molar-refractivity contribution in [3.8, 4) is 5.82 Å². The molecule has 0 aliphatic heterocycles. The van der Waals surface area contributed by atoms with Crippen LogP contribution in [-0.4, -0.2) is 29.1 Å². The maximum absolute atomic E-state index is 13.0. The minimum absolute atomic E-state index is 0.0217. The second-order valence-electron chi connectivity index (χ2n) is 6.76. The van der Waals surface area contributed by atoms with Gasteiger partial charge in [0, 0.05) is 41.9 Å². The highest BCUT2D eigenvalue weighted by Crippen LogP contribution is 2.17. The first-order chi connectivity index (χ1) is 15.4. The maximum Gasteiger partial charge on any atom is 0.261 e. The lowest BCUT2D eigenvalue weighted by molar-refractivity contribution is 0.0950. The van der Waals surface area contributed by atoms with Crippen molar-refractivity contribution in [3.05, 3.63) is 102 Å². The van der Waals surface area contributed by atoms with Crippen LogP contribution in [0.15, 0.2) is 90.2 Å². The lowest BCUT2D eigenvalue weighted by Gasteiger charge is -2.11. The number of sulfonamides is 1. The van der Waals surface area contributed by atoms with Crippen LogP contribution in [0.2, 0.25) is 0 Å². The van der Waals surface area contributed by atoms with Crippen molar-refractivity contribution in [2.75, 3.05) is 4.72 Å². The molecule has 32 heavy (non-hydrogen) atoms. The van der Waals surface area contributed by atoms with E-state index in [2.05, 4.69) is 20.1 Å². The molecule has 162 valence electrons. The molecule has 2 N–H and O–H groups in total. The molecule has 0 bridgehead atoms. The van der Waals surface area contributed by atoms with Gasteiger partial charge in [-0.05, 0) is 60.7 Å². The minimum atomic E-state index is -3.88. The predicted octanol–water partition coefficient (Wildman–Crippen LogP) is 3.14. The highest BCUT2D eigenvalue weighted by atomic mass is 32.2. The van der Waals surface area contributed by atoms with E-state index in [-0.39, 0.29) is 23.0 Å². The van der Waals surface area contributed by atoms with Crippen LogP contribution in [-0.2, 0) is 16.6 Å². The normalized spacial score (nSPS) is 11.2. The molecule has 0 unspecified atom stereocenters. The van der Waals surface area contributed by atoms with E-state index < -0.39 is 15.8 Å². The summed E-state index contributed by atoms with van der Waals surface area (Å²) in [7, 11) is -3.88. The first-order valence-electron chi connectivity index (χ1n) is 9.53. The van der Waals surface area contributed by atoms with Crippen molar-refractivity contribution in [2.24, 2.45) is 0 Å². The number of rotatable bonds is 7. The van der Waals surface area contributed by atoms with Gasteiger partial charge in [-0.1, -0.05) is 6.07 Å². The third kappa shape index (κ3) is 4.81. The zero-order valence-electron chi connectivity index (χ0n) is 16.6. The molecule has 2 aromatic heterocycles. The molecule has 0 fully saturated rings. The highest BCUT2D eigenvalue weighted by molar-refractivity contribution is 7.92. The van der Waals surface area contributed by atoms with Gasteiger partial charge in [-0.25, -0.2) is 22.5 Å². The number of aromatic nitrogens is 3. The summed E-state index contributed by atoms with van der Waals surface area (Å²) in [6.07, 6.45) is 5.03. The van der Waals surface area contributed by atoms with Crippen LogP contribution in [0, 0.1) is 5.82 Å². The predicted molar refractivity (Wildman–Crippen MR) is 116 cm³/mol. The molecule has 0 saturated heterocycles. The summed E-state index contributed by atoms with van der Waals surface area (Å²) in [4.78, 5) is 16.8. The zero-order valence-corrected chi connectivity index (χ0v) is 17.5. The molecule has 2 heterocycles. The molecule has 0 spiro atoms. The van der Waals surface area contributed by atoms with E-state index in [0.717, 1.165) is 17.7 Å². The molecule has 2 aromatic carbocycles. The number of anilines is 1. The van der Waals surface area contributed by atoms with Crippen molar-refractivity contribution < 1.29 is 17.6 Å². The SMILES string of the molecule is O=C(NCc1cccnc1-n1cccn1)c1ccc(S(=O)(=O)Nc2ccc(F)cc2)cc1. The van der Waals surface area contributed by atoms with E-state index in [0.29, 0.717) is 11.4 Å². The second-order valence-corrected chi connectivity index (χ2v) is 8.44. The average molecular weight is 451 g/mol. The van der Waals surface area contributed by atoms with Gasteiger partial charge in [0.2, 0.25) is 0 Å². The van der Waals surface area contributed by atoms with Gasteiger partial charge in [0.05, 0.1) is 4.90 Å². The smallest absolute Gasteiger partial charge is 0.261 e. The first-order valence-corrected chi connectivity index (χ1v) is 11.0. The van der Waals surface area contributed by atoms with Crippen molar-refractivity contribution >= 4 is 21.6 Å². The molecule has 1 amide bonds. The van der Waals surface area contributed by atoms with Gasteiger partial charge < -0.3 is 5.32 Å². The van der Waals surface area contributed by atoms with Crippen LogP contribution in [0.4, 0.5) is 10.1 Å². The van der Waals surface area contributed by atoms with E-state index in [1.807, 2.05) is 6.07 Å². The topological polar surface area (TPSA) is 106 Å². The molecule has 4 aromatic rings. The van der Waals surface area contributed by atoms with Gasteiger partial charge in [0.25, 0.3) is 15.9 Å². The molecule has 0 radical (unpaired) electrons. The summed E-state index contributed by atoms with van der Waals surface area (Å²) in [5, 5.41) is 6.96. The minimum Gasteiger partial charge on any atom is -0.348 e. The second kappa shape index (κ2) is 8.98. The molecule has 0 atom stereocenters. The molecular formula is C22H18FN5O3S. The molecule has 0 aliphatic rings. The van der Waals surface area contributed by atoms with Crippen LogP contribution >= 0.6 is 0 Å². The molecule has 8 nitrogen and oxygen atoms in total. The summed E-state index contributed by atoms with van der Waals surface area (Å²) < 4.78 is 42.0. The Kier molecular flexibility index (Phi) is 5.95. The number of carbonyl (C=O) groups excluding carboxylic acids is 1. The lowest BCUT2D eigenvalue weighted by atomic mass is 10.2. The van der Waals surface area contributed by atoms with Crippen LogP contribution < -0.4 is 10.0 Å². The number of hydrogen-bond donors (Lipinski definition) is 2. The van der Waals surface area contributed by atoms with Crippen LogP contribution in [0.25, 0.3) is 5.82 Å². The Morgan fingerprint density at radius 1 is 0.969 bits per heavy atom. The highest BCUT2D eigenvalue weighted by Gasteiger charge is 2.16. The van der Waals surface area contributed by atoms with Gasteiger partial charge in [-0.15, -0.1) is 0 Å². The van der Waals surface area contributed by atoms with Crippen LogP contribution in [0.5, 0.6) is 0 Å².